The number of benzene rings is 1. The standard InChI is InChI=1S/C16H12F4N2O3/c1-3-24-16(23)10-6(2)25-15(22)8(5-21)11(10)7-4-9(17)13(19)14(20)12(7)18/h4,11H,3,22H2,1-2H3. The van der Waals surface area contributed by atoms with Crippen LogP contribution in [-0.4, -0.2) is 12.6 Å². The molecule has 1 aromatic rings. The molecule has 1 unspecified atom stereocenters. The summed E-state index contributed by atoms with van der Waals surface area (Å²) in [7, 11) is 0. The van der Waals surface area contributed by atoms with E-state index in [9.17, 15) is 27.6 Å². The molecule has 1 aliphatic rings. The van der Waals surface area contributed by atoms with Crippen molar-refractivity contribution < 1.29 is 31.8 Å². The molecule has 132 valence electrons. The molecule has 0 fully saturated rings. The molecule has 0 aromatic heterocycles. The molecule has 9 heteroatoms. The summed E-state index contributed by atoms with van der Waals surface area (Å²) in [6, 6.07) is 1.97. The monoisotopic (exact) mass is 356 g/mol. The Kier molecular flexibility index (Phi) is 5.02. The van der Waals surface area contributed by atoms with E-state index in [1.54, 1.807) is 6.07 Å². The van der Waals surface area contributed by atoms with Gasteiger partial charge in [-0.2, -0.15) is 5.26 Å². The maximum atomic E-state index is 14.2. The zero-order chi connectivity index (χ0) is 18.9. The van der Waals surface area contributed by atoms with E-state index in [0.29, 0.717) is 6.07 Å². The van der Waals surface area contributed by atoms with Gasteiger partial charge in [-0.25, -0.2) is 22.4 Å². The Morgan fingerprint density at radius 2 is 1.96 bits per heavy atom. The maximum Gasteiger partial charge on any atom is 0.338 e. The van der Waals surface area contributed by atoms with Crippen molar-refractivity contribution in [3.8, 4) is 6.07 Å². The molecule has 1 aromatic carbocycles. The quantitative estimate of drug-likeness (QED) is 0.390. The second-order valence-corrected chi connectivity index (χ2v) is 5.00. The average molecular weight is 356 g/mol. The van der Waals surface area contributed by atoms with Gasteiger partial charge in [-0.1, -0.05) is 0 Å². The second-order valence-electron chi connectivity index (χ2n) is 5.00. The fraction of sp³-hybridized carbons (Fsp3) is 0.250. The first-order chi connectivity index (χ1) is 11.7. The van der Waals surface area contributed by atoms with Crippen LogP contribution < -0.4 is 5.73 Å². The van der Waals surface area contributed by atoms with Gasteiger partial charge >= 0.3 is 5.97 Å². The Morgan fingerprint density at radius 1 is 1.32 bits per heavy atom. The highest BCUT2D eigenvalue weighted by Gasteiger charge is 2.39. The van der Waals surface area contributed by atoms with Gasteiger partial charge in [-0.3, -0.25) is 0 Å². The first-order valence-electron chi connectivity index (χ1n) is 7.02. The van der Waals surface area contributed by atoms with E-state index in [1.807, 2.05) is 0 Å². The summed E-state index contributed by atoms with van der Waals surface area (Å²) in [6.07, 6.45) is 0. The van der Waals surface area contributed by atoms with Crippen molar-refractivity contribution >= 4 is 5.97 Å². The SMILES string of the molecule is CCOC(=O)C1=C(C)OC(N)=C(C#N)C1c1cc(F)c(F)c(F)c1F. The van der Waals surface area contributed by atoms with Crippen LogP contribution in [0, 0.1) is 34.6 Å². The van der Waals surface area contributed by atoms with Gasteiger partial charge in [0.1, 0.15) is 17.4 Å². The van der Waals surface area contributed by atoms with Crippen molar-refractivity contribution in [1.29, 1.82) is 5.26 Å². The minimum absolute atomic E-state index is 0.0575. The zero-order valence-corrected chi connectivity index (χ0v) is 13.1. The molecule has 0 saturated heterocycles. The number of hydrogen-bond donors (Lipinski definition) is 1. The highest BCUT2D eigenvalue weighted by molar-refractivity contribution is 5.92. The van der Waals surface area contributed by atoms with Gasteiger partial charge in [-0.15, -0.1) is 0 Å². The van der Waals surface area contributed by atoms with E-state index < -0.39 is 52.2 Å². The fourth-order valence-electron chi connectivity index (χ4n) is 2.47. The fourth-order valence-corrected chi connectivity index (χ4v) is 2.47. The summed E-state index contributed by atoms with van der Waals surface area (Å²) in [5.41, 5.74) is 3.96. The topological polar surface area (TPSA) is 85.3 Å². The van der Waals surface area contributed by atoms with Crippen molar-refractivity contribution in [2.75, 3.05) is 6.61 Å². The lowest BCUT2D eigenvalue weighted by Gasteiger charge is -2.27. The number of carbonyl (C=O) groups excluding carboxylic acids is 1. The number of nitrogens with zero attached hydrogens (tertiary/aromatic N) is 1. The summed E-state index contributed by atoms with van der Waals surface area (Å²) in [5.74, 6) is -10.7. The number of carbonyl (C=O) groups is 1. The van der Waals surface area contributed by atoms with Crippen LogP contribution in [0.15, 0.2) is 28.9 Å². The maximum absolute atomic E-state index is 14.2. The van der Waals surface area contributed by atoms with Crippen LogP contribution in [-0.2, 0) is 14.3 Å². The van der Waals surface area contributed by atoms with Gasteiger partial charge in [-0.05, 0) is 19.9 Å². The summed E-state index contributed by atoms with van der Waals surface area (Å²) in [6.45, 7) is 2.73. The van der Waals surface area contributed by atoms with Gasteiger partial charge in [0.2, 0.25) is 5.88 Å². The van der Waals surface area contributed by atoms with Crippen LogP contribution in [0.4, 0.5) is 17.6 Å². The van der Waals surface area contributed by atoms with E-state index in [1.165, 1.54) is 13.8 Å². The Morgan fingerprint density at radius 3 is 2.52 bits per heavy atom. The minimum atomic E-state index is -2.07. The second kappa shape index (κ2) is 6.84. The molecule has 0 amide bonds. The molecule has 25 heavy (non-hydrogen) atoms. The van der Waals surface area contributed by atoms with Crippen LogP contribution in [0.5, 0.6) is 0 Å². The van der Waals surface area contributed by atoms with Gasteiger partial charge in [0, 0.05) is 5.56 Å². The van der Waals surface area contributed by atoms with Crippen LogP contribution in [0.2, 0.25) is 0 Å². The number of rotatable bonds is 3. The van der Waals surface area contributed by atoms with Gasteiger partial charge in [0.25, 0.3) is 0 Å². The number of esters is 1. The minimum Gasteiger partial charge on any atom is -0.463 e. The third-order valence-electron chi connectivity index (χ3n) is 3.54. The lowest BCUT2D eigenvalue weighted by atomic mass is 9.82. The van der Waals surface area contributed by atoms with E-state index in [-0.39, 0.29) is 17.9 Å². The van der Waals surface area contributed by atoms with Crippen LogP contribution in [0.1, 0.15) is 25.3 Å². The number of hydrogen-bond acceptors (Lipinski definition) is 5. The molecule has 0 bridgehead atoms. The summed E-state index contributed by atoms with van der Waals surface area (Å²) < 4.78 is 64.6. The third-order valence-corrected chi connectivity index (χ3v) is 3.54. The smallest absolute Gasteiger partial charge is 0.338 e. The number of allylic oxidation sites excluding steroid dienone is 2. The highest BCUT2D eigenvalue weighted by atomic mass is 19.2. The molecule has 1 atom stereocenters. The molecule has 2 rings (SSSR count). The Hall–Kier alpha value is -3.02. The molecule has 0 radical (unpaired) electrons. The van der Waals surface area contributed by atoms with Crippen LogP contribution in [0.3, 0.4) is 0 Å². The number of nitriles is 1. The predicted octanol–water partition coefficient (Wildman–Crippen LogP) is 2.89. The van der Waals surface area contributed by atoms with Crippen molar-refractivity contribution in [2.45, 2.75) is 19.8 Å². The lowest BCUT2D eigenvalue weighted by Crippen LogP contribution is -2.26. The molecule has 5 nitrogen and oxygen atoms in total. The summed E-state index contributed by atoms with van der Waals surface area (Å²) >= 11 is 0. The van der Waals surface area contributed by atoms with Crippen molar-refractivity contribution in [3.63, 3.8) is 0 Å². The number of ether oxygens (including phenoxy) is 2. The normalized spacial score (nSPS) is 17.2. The molecular weight excluding hydrogens is 344 g/mol. The Balaban J connectivity index is 2.78. The van der Waals surface area contributed by atoms with Gasteiger partial charge in [0.15, 0.2) is 23.3 Å². The molecule has 1 heterocycles. The van der Waals surface area contributed by atoms with E-state index in [4.69, 9.17) is 15.2 Å². The molecule has 0 saturated carbocycles. The van der Waals surface area contributed by atoms with Crippen molar-refractivity contribution in [2.24, 2.45) is 5.73 Å². The molecule has 1 aliphatic heterocycles. The predicted molar refractivity (Wildman–Crippen MR) is 76.3 cm³/mol. The zero-order valence-electron chi connectivity index (χ0n) is 13.1. The van der Waals surface area contributed by atoms with Gasteiger partial charge < -0.3 is 15.2 Å². The van der Waals surface area contributed by atoms with Crippen molar-refractivity contribution in [3.05, 3.63) is 57.7 Å². The van der Waals surface area contributed by atoms with E-state index >= 15 is 0 Å². The molecule has 0 aliphatic carbocycles. The van der Waals surface area contributed by atoms with E-state index in [2.05, 4.69) is 0 Å². The van der Waals surface area contributed by atoms with Crippen LogP contribution in [0.25, 0.3) is 0 Å². The molecule has 0 spiro atoms. The van der Waals surface area contributed by atoms with Crippen LogP contribution >= 0.6 is 0 Å². The van der Waals surface area contributed by atoms with Gasteiger partial charge in [0.05, 0.1) is 18.1 Å². The average Bonchev–Trinajstić information content (AvgIpc) is 2.55. The first-order valence-corrected chi connectivity index (χ1v) is 7.02. The Labute approximate surface area is 139 Å². The van der Waals surface area contributed by atoms with Crippen molar-refractivity contribution in [1.82, 2.24) is 0 Å². The molecular formula is C16H12F4N2O3. The summed E-state index contributed by atoms with van der Waals surface area (Å²) in [5, 5.41) is 9.27. The number of nitrogens with two attached hydrogens (primary N) is 1. The largest absolute Gasteiger partial charge is 0.463 e. The summed E-state index contributed by atoms with van der Waals surface area (Å²) in [4.78, 5) is 12.2. The first kappa shape index (κ1) is 18.3. The van der Waals surface area contributed by atoms with E-state index in [0.717, 1.165) is 0 Å². The molecule has 2 N–H and O–H groups in total. The number of halogens is 4. The highest BCUT2D eigenvalue weighted by Crippen LogP contribution is 2.41. The lowest BCUT2D eigenvalue weighted by molar-refractivity contribution is -0.139. The Bertz CT molecular complexity index is 856. The third kappa shape index (κ3) is 3.03.